The zero-order chi connectivity index (χ0) is 29.3. The van der Waals surface area contributed by atoms with Crippen molar-refractivity contribution in [1.82, 2.24) is 15.6 Å². The number of fused-ring (bicyclic) bond motifs is 3. The third-order valence-electron chi connectivity index (χ3n) is 7.75. The Morgan fingerprint density at radius 3 is 2.83 bits per heavy atom. The zero-order valence-electron chi connectivity index (χ0n) is 24.6. The quantitative estimate of drug-likeness (QED) is 0.212. The van der Waals surface area contributed by atoms with Crippen LogP contribution in [0.5, 0.6) is 5.75 Å². The number of ether oxygens (including phenoxy) is 2. The van der Waals surface area contributed by atoms with E-state index in [2.05, 4.69) is 32.7 Å². The standard InChI is InChI=1S/C32H41N5O5/c1-22-18-25-28(19-24(22)33-2)42-29-21-27-30(20-26(29)36-25)40-17-16-37(27)15-8-12-31(38)34-13-9-14-35-32(39)41-23-10-6-4-3-5-7-11-23/h3-4,18-21,23H,5-17H2,1-2H3,(H,34,38)(H,35,39)/b4-3+,33-24-/t23-/m0/s1. The average molecular weight is 576 g/mol. The second kappa shape index (κ2) is 14.2. The molecule has 0 radical (unpaired) electrons. The van der Waals surface area contributed by atoms with Crippen LogP contribution in [0.4, 0.5) is 10.5 Å². The fraction of sp³-hybridized carbons (Fsp3) is 0.500. The second-order valence-electron chi connectivity index (χ2n) is 10.9. The lowest BCUT2D eigenvalue weighted by atomic mass is 10.0. The highest BCUT2D eigenvalue weighted by Crippen LogP contribution is 2.37. The van der Waals surface area contributed by atoms with E-state index >= 15 is 0 Å². The van der Waals surface area contributed by atoms with E-state index < -0.39 is 0 Å². The number of nitrogens with zero attached hydrogens (tertiary/aromatic N) is 3. The van der Waals surface area contributed by atoms with Crippen molar-refractivity contribution in [3.8, 4) is 17.2 Å². The van der Waals surface area contributed by atoms with E-state index in [4.69, 9.17) is 18.9 Å². The van der Waals surface area contributed by atoms with Crippen LogP contribution in [-0.4, -0.2) is 62.9 Å². The third kappa shape index (κ3) is 7.60. The van der Waals surface area contributed by atoms with E-state index in [1.807, 2.05) is 31.2 Å². The monoisotopic (exact) mass is 575 g/mol. The van der Waals surface area contributed by atoms with Gasteiger partial charge in [0.15, 0.2) is 11.3 Å². The Morgan fingerprint density at radius 2 is 1.95 bits per heavy atom. The van der Waals surface area contributed by atoms with Gasteiger partial charge < -0.3 is 29.4 Å². The largest absolute Gasteiger partial charge is 0.489 e. The fourth-order valence-electron chi connectivity index (χ4n) is 5.47. The van der Waals surface area contributed by atoms with Crippen molar-refractivity contribution in [2.75, 3.05) is 44.7 Å². The molecule has 4 aliphatic rings. The minimum absolute atomic E-state index is 0.00486. The first kappa shape index (κ1) is 29.4. The van der Waals surface area contributed by atoms with Gasteiger partial charge in [-0.3, -0.25) is 9.79 Å². The Balaban J connectivity index is 1.06. The Hall–Kier alpha value is -4.08. The molecule has 1 aromatic carbocycles. The highest BCUT2D eigenvalue weighted by molar-refractivity contribution is 5.84. The van der Waals surface area contributed by atoms with Crippen LogP contribution in [0, 0.1) is 6.92 Å². The average Bonchev–Trinajstić information content (AvgIpc) is 2.96. The maximum absolute atomic E-state index is 12.4. The number of rotatable bonds is 9. The van der Waals surface area contributed by atoms with Crippen molar-refractivity contribution in [3.05, 3.63) is 47.3 Å². The topological polar surface area (TPSA) is 118 Å². The molecule has 42 heavy (non-hydrogen) atoms. The summed E-state index contributed by atoms with van der Waals surface area (Å²) in [7, 11) is 1.77. The number of anilines is 1. The van der Waals surface area contributed by atoms with E-state index in [9.17, 15) is 9.59 Å². The van der Waals surface area contributed by atoms with Crippen LogP contribution in [0.2, 0.25) is 0 Å². The van der Waals surface area contributed by atoms with Crippen LogP contribution in [0.25, 0.3) is 22.6 Å². The fourth-order valence-corrected chi connectivity index (χ4v) is 5.47. The summed E-state index contributed by atoms with van der Waals surface area (Å²) < 4.78 is 17.7. The number of alkyl carbamates (subject to hydrolysis) is 1. The molecule has 2 heterocycles. The number of nitrogens with one attached hydrogen (secondary N) is 2. The van der Waals surface area contributed by atoms with Gasteiger partial charge in [-0.2, -0.15) is 0 Å². The van der Waals surface area contributed by atoms with Gasteiger partial charge in [0.05, 0.1) is 17.6 Å². The molecule has 2 amide bonds. The highest BCUT2D eigenvalue weighted by Gasteiger charge is 2.21. The van der Waals surface area contributed by atoms with Crippen LogP contribution in [0.3, 0.4) is 0 Å². The van der Waals surface area contributed by atoms with Crippen LogP contribution in [0.15, 0.2) is 45.8 Å². The van der Waals surface area contributed by atoms with E-state index in [1.165, 1.54) is 0 Å². The van der Waals surface area contributed by atoms with Crippen LogP contribution in [-0.2, 0) is 9.53 Å². The number of benzene rings is 2. The van der Waals surface area contributed by atoms with Gasteiger partial charge in [-0.05, 0) is 63.5 Å². The summed E-state index contributed by atoms with van der Waals surface area (Å²) in [5.74, 6) is 1.47. The number of allylic oxidation sites excluding steroid dienone is 2. The van der Waals surface area contributed by atoms with Crippen LogP contribution < -0.4 is 25.6 Å². The van der Waals surface area contributed by atoms with Crippen LogP contribution in [0.1, 0.15) is 56.9 Å². The van der Waals surface area contributed by atoms with E-state index in [0.717, 1.165) is 78.8 Å². The minimum atomic E-state index is -0.373. The van der Waals surface area contributed by atoms with Crippen molar-refractivity contribution in [1.29, 1.82) is 0 Å². The third-order valence-corrected chi connectivity index (χ3v) is 7.75. The normalized spacial score (nSPS) is 18.1. The van der Waals surface area contributed by atoms with Gasteiger partial charge in [0, 0.05) is 51.3 Å². The molecule has 1 aromatic rings. The summed E-state index contributed by atoms with van der Waals surface area (Å²) in [5, 5.41) is 6.63. The van der Waals surface area contributed by atoms with Gasteiger partial charge >= 0.3 is 6.09 Å². The molecule has 2 N–H and O–H groups in total. The first-order valence-electron chi connectivity index (χ1n) is 15.1. The lowest BCUT2D eigenvalue weighted by Gasteiger charge is -2.31. The van der Waals surface area contributed by atoms with E-state index in [-0.39, 0.29) is 18.1 Å². The predicted molar refractivity (Wildman–Crippen MR) is 162 cm³/mol. The molecule has 0 aromatic heterocycles. The highest BCUT2D eigenvalue weighted by atomic mass is 16.6. The number of aryl methyl sites for hydroxylation is 1. The van der Waals surface area contributed by atoms with Crippen molar-refractivity contribution in [2.24, 2.45) is 4.99 Å². The molecule has 2 aliphatic carbocycles. The Kier molecular flexibility index (Phi) is 9.94. The number of hydrogen-bond acceptors (Lipinski definition) is 8. The van der Waals surface area contributed by atoms with Gasteiger partial charge in [0.1, 0.15) is 29.7 Å². The molecule has 224 valence electrons. The molecule has 10 heteroatoms. The molecule has 0 fully saturated rings. The maximum atomic E-state index is 12.4. The van der Waals surface area contributed by atoms with Gasteiger partial charge in [-0.15, -0.1) is 0 Å². The first-order valence-corrected chi connectivity index (χ1v) is 15.1. The molecular formula is C32H41N5O5. The second-order valence-corrected chi connectivity index (χ2v) is 10.9. The molecule has 5 rings (SSSR count). The molecule has 2 aliphatic heterocycles. The number of hydrogen-bond donors (Lipinski definition) is 2. The van der Waals surface area contributed by atoms with Crippen molar-refractivity contribution in [2.45, 2.75) is 64.4 Å². The summed E-state index contributed by atoms with van der Waals surface area (Å²) >= 11 is 0. The minimum Gasteiger partial charge on any atom is -0.489 e. The maximum Gasteiger partial charge on any atom is 0.407 e. The van der Waals surface area contributed by atoms with E-state index in [1.54, 1.807) is 7.05 Å². The summed E-state index contributed by atoms with van der Waals surface area (Å²) in [6, 6.07) is 7.81. The van der Waals surface area contributed by atoms with Crippen LogP contribution >= 0.6 is 0 Å². The number of carbonyl (C=O) groups is 2. The Labute approximate surface area is 246 Å². The molecule has 0 bridgehead atoms. The summed E-state index contributed by atoms with van der Waals surface area (Å²) in [4.78, 5) is 35.9. The SMILES string of the molecule is C/N=c1/cc2oc3cc4c(cc3nc-2cc1C)OCCN4CCCC(=O)NCCCNC(=O)O[C@H]1CC/C=C/CCC1. The van der Waals surface area contributed by atoms with Crippen molar-refractivity contribution in [3.63, 3.8) is 0 Å². The predicted octanol–water partition coefficient (Wildman–Crippen LogP) is 4.87. The zero-order valence-corrected chi connectivity index (χ0v) is 24.6. The lowest BCUT2D eigenvalue weighted by Crippen LogP contribution is -2.34. The molecule has 1 atom stereocenters. The van der Waals surface area contributed by atoms with Crippen molar-refractivity contribution < 1.29 is 23.5 Å². The van der Waals surface area contributed by atoms with E-state index in [0.29, 0.717) is 50.3 Å². The van der Waals surface area contributed by atoms with Gasteiger partial charge in [-0.1, -0.05) is 12.2 Å². The number of aromatic nitrogens is 1. The smallest absolute Gasteiger partial charge is 0.407 e. The molecule has 0 saturated heterocycles. The summed E-state index contributed by atoms with van der Waals surface area (Å²) in [6.45, 7) is 5.01. The van der Waals surface area contributed by atoms with Gasteiger partial charge in [0.2, 0.25) is 5.91 Å². The number of carbonyl (C=O) groups excluding carboxylic acids is 2. The van der Waals surface area contributed by atoms with Gasteiger partial charge in [0.25, 0.3) is 0 Å². The molecular weight excluding hydrogens is 534 g/mol. The first-order chi connectivity index (χ1) is 20.5. The molecule has 0 spiro atoms. The summed E-state index contributed by atoms with van der Waals surface area (Å²) in [5.41, 5.74) is 4.19. The molecule has 10 nitrogen and oxygen atoms in total. The molecule has 0 unspecified atom stereocenters. The Morgan fingerprint density at radius 1 is 1.10 bits per heavy atom. The van der Waals surface area contributed by atoms with Gasteiger partial charge in [-0.25, -0.2) is 9.78 Å². The van der Waals surface area contributed by atoms with Crippen molar-refractivity contribution >= 4 is 28.8 Å². The number of amides is 2. The summed E-state index contributed by atoms with van der Waals surface area (Å²) in [6.07, 6.45) is 10.5. The Bertz CT molecular complexity index is 1470. The lowest BCUT2D eigenvalue weighted by molar-refractivity contribution is -0.121. The molecule has 0 saturated carbocycles.